The van der Waals surface area contributed by atoms with Crippen LogP contribution in [0.2, 0.25) is 0 Å². The molecule has 0 aliphatic rings. The quantitative estimate of drug-likeness (QED) is 0.613. The van der Waals surface area contributed by atoms with Gasteiger partial charge in [-0.2, -0.15) is 0 Å². The Hall–Kier alpha value is -1.94. The highest BCUT2D eigenvalue weighted by Gasteiger charge is 2.02. The van der Waals surface area contributed by atoms with E-state index in [0.717, 1.165) is 22.8 Å². The van der Waals surface area contributed by atoms with Crippen molar-refractivity contribution in [3.05, 3.63) is 59.7 Å². The van der Waals surface area contributed by atoms with Crippen LogP contribution in [0.4, 0.5) is 0 Å². The maximum absolute atomic E-state index is 10.7. The number of rotatable bonds is 7. The maximum Gasteiger partial charge on any atom is 0.335 e. The molecule has 2 aromatic carbocycles. The number of aromatic carboxylic acids is 1. The van der Waals surface area contributed by atoms with E-state index >= 15 is 0 Å². The molecule has 1 N–H and O–H groups in total. The Balaban J connectivity index is 1.69. The average Bonchev–Trinajstić information content (AvgIpc) is 2.47. The summed E-state index contributed by atoms with van der Waals surface area (Å²) in [5.41, 5.74) is 1.52. The summed E-state index contributed by atoms with van der Waals surface area (Å²) >= 11 is 1.71. The van der Waals surface area contributed by atoms with Gasteiger partial charge in [0.25, 0.3) is 0 Å². The van der Waals surface area contributed by atoms with Gasteiger partial charge >= 0.3 is 5.97 Å². The summed E-state index contributed by atoms with van der Waals surface area (Å²) < 4.78 is 5.68. The van der Waals surface area contributed by atoms with E-state index in [2.05, 4.69) is 0 Å². The van der Waals surface area contributed by atoms with E-state index in [1.165, 1.54) is 5.56 Å². The largest absolute Gasteiger partial charge is 0.494 e. The van der Waals surface area contributed by atoms with Crippen molar-refractivity contribution in [3.8, 4) is 5.75 Å². The standard InChI is InChI=1S/C17H18O3S/c1-13-4-2-5-15(12-13)20-10-3-11-21-16-8-6-14(7-9-16)17(18)19/h2,4-9,12H,3,10-11H2,1H3,(H,18,19). The highest BCUT2D eigenvalue weighted by molar-refractivity contribution is 7.99. The van der Waals surface area contributed by atoms with Gasteiger partial charge in [0.2, 0.25) is 0 Å². The third-order valence-electron chi connectivity index (χ3n) is 2.92. The lowest BCUT2D eigenvalue weighted by atomic mass is 10.2. The molecule has 0 aliphatic carbocycles. The molecule has 0 atom stereocenters. The fourth-order valence-electron chi connectivity index (χ4n) is 1.84. The van der Waals surface area contributed by atoms with Gasteiger partial charge in [-0.25, -0.2) is 4.79 Å². The molecule has 0 saturated heterocycles. The van der Waals surface area contributed by atoms with Crippen LogP contribution in [0.5, 0.6) is 5.75 Å². The SMILES string of the molecule is Cc1cccc(OCCCSc2ccc(C(=O)O)cc2)c1. The molecule has 0 amide bonds. The molecule has 2 rings (SSSR count). The van der Waals surface area contributed by atoms with E-state index in [0.29, 0.717) is 12.2 Å². The molecular weight excluding hydrogens is 284 g/mol. The number of carboxylic acid groups (broad SMARTS) is 1. The van der Waals surface area contributed by atoms with Crippen molar-refractivity contribution < 1.29 is 14.6 Å². The van der Waals surface area contributed by atoms with E-state index in [1.54, 1.807) is 23.9 Å². The summed E-state index contributed by atoms with van der Waals surface area (Å²) in [6.45, 7) is 2.73. The van der Waals surface area contributed by atoms with Gasteiger partial charge in [-0.1, -0.05) is 12.1 Å². The van der Waals surface area contributed by atoms with Gasteiger partial charge in [-0.3, -0.25) is 0 Å². The molecule has 0 heterocycles. The van der Waals surface area contributed by atoms with E-state index < -0.39 is 5.97 Å². The van der Waals surface area contributed by atoms with Gasteiger partial charge in [0.05, 0.1) is 12.2 Å². The fraction of sp³-hybridized carbons (Fsp3) is 0.235. The molecule has 2 aromatic rings. The Bertz CT molecular complexity index is 593. The first-order chi connectivity index (χ1) is 10.1. The lowest BCUT2D eigenvalue weighted by Crippen LogP contribution is -1.99. The first-order valence-electron chi connectivity index (χ1n) is 6.81. The minimum Gasteiger partial charge on any atom is -0.494 e. The van der Waals surface area contributed by atoms with E-state index in [-0.39, 0.29) is 0 Å². The van der Waals surface area contributed by atoms with Crippen LogP contribution in [-0.4, -0.2) is 23.4 Å². The molecule has 4 heteroatoms. The monoisotopic (exact) mass is 302 g/mol. The van der Waals surface area contributed by atoms with Gasteiger partial charge < -0.3 is 9.84 Å². The predicted octanol–water partition coefficient (Wildman–Crippen LogP) is 4.25. The topological polar surface area (TPSA) is 46.5 Å². The number of hydrogen-bond acceptors (Lipinski definition) is 3. The van der Waals surface area contributed by atoms with E-state index in [1.807, 2.05) is 43.3 Å². The van der Waals surface area contributed by atoms with Gasteiger partial charge in [0, 0.05) is 10.6 Å². The zero-order valence-corrected chi connectivity index (χ0v) is 12.7. The molecule has 0 bridgehead atoms. The lowest BCUT2D eigenvalue weighted by molar-refractivity contribution is 0.0697. The number of aryl methyl sites for hydroxylation is 1. The summed E-state index contributed by atoms with van der Waals surface area (Å²) in [5, 5.41) is 8.83. The van der Waals surface area contributed by atoms with Crippen LogP contribution in [0.15, 0.2) is 53.4 Å². The minimum absolute atomic E-state index is 0.321. The van der Waals surface area contributed by atoms with Crippen LogP contribution in [0.3, 0.4) is 0 Å². The minimum atomic E-state index is -0.891. The Morgan fingerprint density at radius 1 is 1.19 bits per heavy atom. The van der Waals surface area contributed by atoms with E-state index in [9.17, 15) is 4.79 Å². The fourth-order valence-corrected chi connectivity index (χ4v) is 2.66. The van der Waals surface area contributed by atoms with Crippen LogP contribution in [0.1, 0.15) is 22.3 Å². The second-order valence-electron chi connectivity index (χ2n) is 4.70. The Labute approximate surface area is 129 Å². The molecule has 110 valence electrons. The molecule has 0 spiro atoms. The summed E-state index contributed by atoms with van der Waals surface area (Å²) in [5.74, 6) is 0.960. The lowest BCUT2D eigenvalue weighted by Gasteiger charge is -2.07. The smallest absolute Gasteiger partial charge is 0.335 e. The average molecular weight is 302 g/mol. The molecule has 0 radical (unpaired) electrons. The summed E-state index contributed by atoms with van der Waals surface area (Å²) in [4.78, 5) is 11.8. The Morgan fingerprint density at radius 3 is 2.62 bits per heavy atom. The van der Waals surface area contributed by atoms with Crippen molar-refractivity contribution in [2.24, 2.45) is 0 Å². The van der Waals surface area contributed by atoms with Crippen molar-refractivity contribution in [1.82, 2.24) is 0 Å². The normalized spacial score (nSPS) is 10.3. The molecule has 0 saturated carbocycles. The molecule has 0 aliphatic heterocycles. The first-order valence-corrected chi connectivity index (χ1v) is 7.79. The van der Waals surface area contributed by atoms with Crippen molar-refractivity contribution in [2.45, 2.75) is 18.2 Å². The zero-order chi connectivity index (χ0) is 15.1. The summed E-state index contributed by atoms with van der Waals surface area (Å²) in [6.07, 6.45) is 0.944. The predicted molar refractivity (Wildman–Crippen MR) is 85.4 cm³/mol. The van der Waals surface area contributed by atoms with Crippen LogP contribution in [0, 0.1) is 6.92 Å². The van der Waals surface area contributed by atoms with Crippen LogP contribution in [-0.2, 0) is 0 Å². The molecule has 0 fully saturated rings. The van der Waals surface area contributed by atoms with Crippen molar-refractivity contribution in [2.75, 3.05) is 12.4 Å². The molecule has 21 heavy (non-hydrogen) atoms. The maximum atomic E-state index is 10.7. The third-order valence-corrected chi connectivity index (χ3v) is 4.02. The summed E-state index contributed by atoms with van der Waals surface area (Å²) in [6, 6.07) is 15.0. The van der Waals surface area contributed by atoms with E-state index in [4.69, 9.17) is 9.84 Å². The molecular formula is C17H18O3S. The van der Waals surface area contributed by atoms with Crippen molar-refractivity contribution in [3.63, 3.8) is 0 Å². The van der Waals surface area contributed by atoms with Crippen LogP contribution >= 0.6 is 11.8 Å². The molecule has 0 aromatic heterocycles. The number of hydrogen-bond donors (Lipinski definition) is 1. The Morgan fingerprint density at radius 2 is 1.95 bits per heavy atom. The van der Waals surface area contributed by atoms with Crippen molar-refractivity contribution in [1.29, 1.82) is 0 Å². The number of carboxylic acids is 1. The van der Waals surface area contributed by atoms with Crippen LogP contribution in [0.25, 0.3) is 0 Å². The third kappa shape index (κ3) is 5.16. The van der Waals surface area contributed by atoms with Gasteiger partial charge in [0.1, 0.15) is 5.75 Å². The first kappa shape index (κ1) is 15.4. The van der Waals surface area contributed by atoms with Crippen LogP contribution < -0.4 is 4.74 Å². The number of ether oxygens (including phenoxy) is 1. The molecule has 0 unspecified atom stereocenters. The number of benzene rings is 2. The second-order valence-corrected chi connectivity index (χ2v) is 5.86. The highest BCUT2D eigenvalue weighted by atomic mass is 32.2. The zero-order valence-electron chi connectivity index (χ0n) is 11.9. The number of thioether (sulfide) groups is 1. The number of carbonyl (C=O) groups is 1. The Kier molecular flexibility index (Phi) is 5.69. The second kappa shape index (κ2) is 7.74. The molecule has 3 nitrogen and oxygen atoms in total. The van der Waals surface area contributed by atoms with Crippen molar-refractivity contribution >= 4 is 17.7 Å². The summed E-state index contributed by atoms with van der Waals surface area (Å²) in [7, 11) is 0. The van der Waals surface area contributed by atoms with Gasteiger partial charge in [0.15, 0.2) is 0 Å². The van der Waals surface area contributed by atoms with Gasteiger partial charge in [-0.15, -0.1) is 11.8 Å². The highest BCUT2D eigenvalue weighted by Crippen LogP contribution is 2.20. The van der Waals surface area contributed by atoms with Gasteiger partial charge in [-0.05, 0) is 55.3 Å².